The van der Waals surface area contributed by atoms with E-state index in [1.165, 1.54) is 0 Å². The fourth-order valence-corrected chi connectivity index (χ4v) is 1.10. The normalized spacial score (nSPS) is 10.6. The Morgan fingerprint density at radius 2 is 2.43 bits per heavy atom. The Morgan fingerprint density at radius 3 is 3.07 bits per heavy atom. The Balaban J connectivity index is 2.22. The first-order valence-electron chi connectivity index (χ1n) is 4.67. The molecule has 0 spiro atoms. The van der Waals surface area contributed by atoms with Crippen LogP contribution in [0.2, 0.25) is 0 Å². The zero-order valence-electron chi connectivity index (χ0n) is 8.29. The number of furan rings is 1. The molecule has 0 saturated heterocycles. The van der Waals surface area contributed by atoms with Gasteiger partial charge in [-0.25, -0.2) is 0 Å². The first-order chi connectivity index (χ1) is 6.86. The predicted molar refractivity (Wildman–Crippen MR) is 54.6 cm³/mol. The van der Waals surface area contributed by atoms with Gasteiger partial charge in [0.2, 0.25) is 5.76 Å². The number of hydrogen-bond donors (Lipinski definition) is 1. The van der Waals surface area contributed by atoms with Crippen molar-refractivity contribution in [3.05, 3.63) is 35.8 Å². The molecule has 14 heavy (non-hydrogen) atoms. The number of nitriles is 1. The van der Waals surface area contributed by atoms with Gasteiger partial charge < -0.3 is 9.73 Å². The minimum Gasteiger partial charge on any atom is -0.449 e. The van der Waals surface area contributed by atoms with Crippen molar-refractivity contribution in [3.63, 3.8) is 0 Å². The first-order valence-corrected chi connectivity index (χ1v) is 4.67. The molecule has 0 aliphatic carbocycles. The maximum Gasteiger partial charge on any atom is 0.203 e. The molecule has 1 aromatic rings. The van der Waals surface area contributed by atoms with Gasteiger partial charge in [-0.2, -0.15) is 5.26 Å². The van der Waals surface area contributed by atoms with Crippen molar-refractivity contribution >= 4 is 0 Å². The van der Waals surface area contributed by atoms with Crippen LogP contribution in [-0.2, 0) is 6.54 Å². The summed E-state index contributed by atoms with van der Waals surface area (Å²) in [6, 6.07) is 5.46. The number of nitrogens with one attached hydrogen (secondary N) is 1. The van der Waals surface area contributed by atoms with Crippen LogP contribution in [0.4, 0.5) is 0 Å². The van der Waals surface area contributed by atoms with Crippen LogP contribution in [0.3, 0.4) is 0 Å². The summed E-state index contributed by atoms with van der Waals surface area (Å²) in [5.74, 6) is 1.18. The molecule has 1 aromatic heterocycles. The second-order valence-electron chi connectivity index (χ2n) is 2.91. The van der Waals surface area contributed by atoms with Crippen molar-refractivity contribution in [2.45, 2.75) is 19.9 Å². The molecular formula is C11H14N2O. The van der Waals surface area contributed by atoms with E-state index >= 15 is 0 Å². The molecule has 0 unspecified atom stereocenters. The minimum atomic E-state index is 0.371. The van der Waals surface area contributed by atoms with E-state index in [-0.39, 0.29) is 0 Å². The first kappa shape index (κ1) is 10.6. The molecule has 1 N–H and O–H groups in total. The summed E-state index contributed by atoms with van der Waals surface area (Å²) in [4.78, 5) is 0. The van der Waals surface area contributed by atoms with Crippen LogP contribution in [0.25, 0.3) is 0 Å². The van der Waals surface area contributed by atoms with E-state index in [1.807, 2.05) is 25.1 Å². The smallest absolute Gasteiger partial charge is 0.203 e. The quantitative estimate of drug-likeness (QED) is 0.572. The van der Waals surface area contributed by atoms with Gasteiger partial charge in [0.15, 0.2) is 0 Å². The lowest BCUT2D eigenvalue weighted by atomic mass is 10.3. The minimum absolute atomic E-state index is 0.371. The lowest BCUT2D eigenvalue weighted by molar-refractivity contribution is 0.475. The van der Waals surface area contributed by atoms with Crippen LogP contribution in [0.5, 0.6) is 0 Å². The van der Waals surface area contributed by atoms with Crippen LogP contribution in [-0.4, -0.2) is 6.54 Å². The lowest BCUT2D eigenvalue weighted by Crippen LogP contribution is -2.13. The van der Waals surface area contributed by atoms with Crippen LogP contribution < -0.4 is 5.32 Å². The summed E-state index contributed by atoms with van der Waals surface area (Å²) < 4.78 is 5.20. The van der Waals surface area contributed by atoms with E-state index < -0.39 is 0 Å². The van der Waals surface area contributed by atoms with Crippen molar-refractivity contribution < 1.29 is 4.42 Å². The average molecular weight is 190 g/mol. The predicted octanol–water partition coefficient (Wildman–Crippen LogP) is 2.21. The molecule has 0 fully saturated rings. The molecule has 0 saturated carbocycles. The summed E-state index contributed by atoms with van der Waals surface area (Å²) in [7, 11) is 0. The van der Waals surface area contributed by atoms with Gasteiger partial charge in [0.25, 0.3) is 0 Å². The highest BCUT2D eigenvalue weighted by Gasteiger charge is 1.98. The molecule has 0 aliphatic heterocycles. The van der Waals surface area contributed by atoms with Gasteiger partial charge in [0, 0.05) is 0 Å². The molecule has 1 heterocycles. The molecule has 1 rings (SSSR count). The number of nitrogens with zero attached hydrogens (tertiary/aromatic N) is 1. The Labute approximate surface area is 84.0 Å². The third-order valence-electron chi connectivity index (χ3n) is 1.79. The van der Waals surface area contributed by atoms with E-state index in [9.17, 15) is 0 Å². The third-order valence-corrected chi connectivity index (χ3v) is 1.79. The Hall–Kier alpha value is -1.53. The highest BCUT2D eigenvalue weighted by atomic mass is 16.3. The van der Waals surface area contributed by atoms with Crippen LogP contribution >= 0.6 is 0 Å². The van der Waals surface area contributed by atoms with Gasteiger partial charge >= 0.3 is 0 Å². The Bertz CT molecular complexity index is 333. The van der Waals surface area contributed by atoms with E-state index in [0.29, 0.717) is 12.3 Å². The maximum absolute atomic E-state index is 8.52. The summed E-state index contributed by atoms with van der Waals surface area (Å²) in [5, 5.41) is 11.7. The summed E-state index contributed by atoms with van der Waals surface area (Å²) in [5.41, 5.74) is 0. The second kappa shape index (κ2) is 6.01. The summed E-state index contributed by atoms with van der Waals surface area (Å²) in [6.45, 7) is 3.61. The second-order valence-corrected chi connectivity index (χ2v) is 2.91. The number of hydrogen-bond acceptors (Lipinski definition) is 3. The molecule has 0 amide bonds. The van der Waals surface area contributed by atoms with Gasteiger partial charge in [-0.15, -0.1) is 0 Å². The molecule has 0 aromatic carbocycles. The zero-order valence-corrected chi connectivity index (χ0v) is 8.29. The SMILES string of the molecule is C/C=C/CCNCc1ccc(C#N)o1. The molecule has 0 radical (unpaired) electrons. The highest BCUT2D eigenvalue weighted by molar-refractivity contribution is 5.18. The third kappa shape index (κ3) is 3.46. The van der Waals surface area contributed by atoms with Gasteiger partial charge in [-0.05, 0) is 32.0 Å². The summed E-state index contributed by atoms with van der Waals surface area (Å²) in [6.07, 6.45) is 5.15. The Morgan fingerprint density at radius 1 is 1.57 bits per heavy atom. The van der Waals surface area contributed by atoms with Crippen LogP contribution in [0, 0.1) is 11.3 Å². The van der Waals surface area contributed by atoms with Crippen molar-refractivity contribution in [2.24, 2.45) is 0 Å². The standard InChI is InChI=1S/C11H14N2O/c1-2-3-4-7-13-9-11-6-5-10(8-12)14-11/h2-3,5-6,13H,4,7,9H2,1H3/b3-2+. The molecule has 74 valence electrons. The fourth-order valence-electron chi connectivity index (χ4n) is 1.10. The molecule has 0 bridgehead atoms. The Kier molecular flexibility index (Phi) is 4.53. The highest BCUT2D eigenvalue weighted by Crippen LogP contribution is 2.05. The van der Waals surface area contributed by atoms with E-state index in [4.69, 9.17) is 9.68 Å². The zero-order chi connectivity index (χ0) is 10.2. The van der Waals surface area contributed by atoms with Crippen LogP contribution in [0.15, 0.2) is 28.7 Å². The lowest BCUT2D eigenvalue weighted by Gasteiger charge is -1.98. The van der Waals surface area contributed by atoms with Gasteiger partial charge in [0.05, 0.1) is 6.54 Å². The van der Waals surface area contributed by atoms with Crippen molar-refractivity contribution in [1.82, 2.24) is 5.32 Å². The topological polar surface area (TPSA) is 49.0 Å². The molecule has 0 atom stereocenters. The fraction of sp³-hybridized carbons (Fsp3) is 0.364. The number of allylic oxidation sites excluding steroid dienone is 1. The number of rotatable bonds is 5. The van der Waals surface area contributed by atoms with Gasteiger partial charge in [-0.1, -0.05) is 12.2 Å². The van der Waals surface area contributed by atoms with Crippen molar-refractivity contribution in [3.8, 4) is 6.07 Å². The molecular weight excluding hydrogens is 176 g/mol. The van der Waals surface area contributed by atoms with E-state index in [2.05, 4.69) is 11.4 Å². The van der Waals surface area contributed by atoms with Crippen molar-refractivity contribution in [2.75, 3.05) is 6.54 Å². The molecule has 3 nitrogen and oxygen atoms in total. The largest absolute Gasteiger partial charge is 0.449 e. The van der Waals surface area contributed by atoms with Crippen LogP contribution in [0.1, 0.15) is 24.9 Å². The summed E-state index contributed by atoms with van der Waals surface area (Å²) >= 11 is 0. The molecule has 3 heteroatoms. The van der Waals surface area contributed by atoms with E-state index in [1.54, 1.807) is 6.07 Å². The van der Waals surface area contributed by atoms with Gasteiger partial charge in [0.1, 0.15) is 11.8 Å². The average Bonchev–Trinajstić information content (AvgIpc) is 2.65. The maximum atomic E-state index is 8.52. The molecule has 0 aliphatic rings. The van der Waals surface area contributed by atoms with Crippen molar-refractivity contribution in [1.29, 1.82) is 5.26 Å². The van der Waals surface area contributed by atoms with E-state index in [0.717, 1.165) is 18.7 Å². The monoisotopic (exact) mass is 190 g/mol. The van der Waals surface area contributed by atoms with Gasteiger partial charge in [-0.3, -0.25) is 0 Å².